The van der Waals surface area contributed by atoms with Crippen LogP contribution >= 0.6 is 0 Å². The molecule has 5 nitrogen and oxygen atoms in total. The van der Waals surface area contributed by atoms with Crippen LogP contribution in [0.4, 0.5) is 0 Å². The molecule has 0 aromatic rings. The number of aliphatic hydroxyl groups is 1. The average molecular weight is 289 g/mol. The first-order valence-corrected chi connectivity index (χ1v) is 7.85. The minimum atomic E-state index is -4.32. The van der Waals surface area contributed by atoms with Crippen LogP contribution in [0.25, 0.3) is 0 Å². The molecule has 7 heteroatoms. The summed E-state index contributed by atoms with van der Waals surface area (Å²) >= 11 is 0. The first-order valence-electron chi connectivity index (χ1n) is 6.28. The van der Waals surface area contributed by atoms with Crippen molar-refractivity contribution in [2.75, 3.05) is 18.8 Å². The molecule has 0 aromatic heterocycles. The van der Waals surface area contributed by atoms with E-state index in [0.29, 0.717) is 0 Å². The fourth-order valence-electron chi connectivity index (χ4n) is 1.59. The van der Waals surface area contributed by atoms with Crippen LogP contribution < -0.4 is 34.9 Å². The number of rotatable bonds is 11. The molecule has 18 heavy (non-hydrogen) atoms. The van der Waals surface area contributed by atoms with Gasteiger partial charge in [-0.15, -0.1) is 0 Å². The molecular formula is C11H24NNaO4S. The first kappa shape index (κ1) is 21.1. The van der Waals surface area contributed by atoms with E-state index in [1.54, 1.807) is 0 Å². The number of unbranched alkanes of at least 4 members (excludes halogenated alkanes) is 5. The quantitative estimate of drug-likeness (QED) is 0.257. The Hall–Kier alpha value is 0.830. The molecule has 104 valence electrons. The molecule has 0 rings (SSSR count). The summed E-state index contributed by atoms with van der Waals surface area (Å²) in [6, 6.07) is 0. The van der Waals surface area contributed by atoms with E-state index in [4.69, 9.17) is 0 Å². The Labute approximate surface area is 133 Å². The van der Waals surface area contributed by atoms with Crippen LogP contribution in [-0.2, 0) is 10.1 Å². The Morgan fingerprint density at radius 1 is 1.17 bits per heavy atom. The molecule has 0 aliphatic carbocycles. The van der Waals surface area contributed by atoms with Crippen molar-refractivity contribution in [2.24, 2.45) is 0 Å². The van der Waals surface area contributed by atoms with E-state index in [2.05, 4.69) is 12.2 Å². The van der Waals surface area contributed by atoms with E-state index in [1.807, 2.05) is 0 Å². The Balaban J connectivity index is 0. The minimum Gasteiger partial charge on any atom is -0.748 e. The molecule has 0 bridgehead atoms. The van der Waals surface area contributed by atoms with Crippen LogP contribution in [0, 0.1) is 0 Å². The summed E-state index contributed by atoms with van der Waals surface area (Å²) in [5, 5.41) is 12.2. The van der Waals surface area contributed by atoms with Gasteiger partial charge >= 0.3 is 29.6 Å². The van der Waals surface area contributed by atoms with Crippen molar-refractivity contribution in [3.8, 4) is 0 Å². The maximum atomic E-state index is 10.3. The van der Waals surface area contributed by atoms with Crippen LogP contribution in [-0.4, -0.2) is 43.0 Å². The van der Waals surface area contributed by atoms with Gasteiger partial charge in [0.25, 0.3) is 0 Å². The third kappa shape index (κ3) is 16.8. The topological polar surface area (TPSA) is 89.5 Å². The van der Waals surface area contributed by atoms with Crippen molar-refractivity contribution in [1.29, 1.82) is 0 Å². The van der Waals surface area contributed by atoms with Crippen molar-refractivity contribution in [2.45, 2.75) is 51.6 Å². The number of hydrogen-bond donors (Lipinski definition) is 2. The summed E-state index contributed by atoms with van der Waals surface area (Å²) in [5.74, 6) is -0.712. The molecule has 1 unspecified atom stereocenters. The van der Waals surface area contributed by atoms with Gasteiger partial charge in [-0.2, -0.15) is 0 Å². The predicted molar refractivity (Wildman–Crippen MR) is 66.8 cm³/mol. The second-order valence-corrected chi connectivity index (χ2v) is 5.80. The van der Waals surface area contributed by atoms with Gasteiger partial charge in [0.2, 0.25) is 0 Å². The molecule has 0 saturated heterocycles. The average Bonchev–Trinajstić information content (AvgIpc) is 2.19. The van der Waals surface area contributed by atoms with Crippen LogP contribution in [0.15, 0.2) is 0 Å². The van der Waals surface area contributed by atoms with Gasteiger partial charge in [0.1, 0.15) is 0 Å². The van der Waals surface area contributed by atoms with Crippen LogP contribution in [0.3, 0.4) is 0 Å². The third-order valence-corrected chi connectivity index (χ3v) is 3.28. The second kappa shape index (κ2) is 12.8. The first-order chi connectivity index (χ1) is 7.95. The maximum absolute atomic E-state index is 10.3. The molecule has 1 atom stereocenters. The van der Waals surface area contributed by atoms with Crippen LogP contribution in [0.5, 0.6) is 0 Å². The Morgan fingerprint density at radius 2 is 1.72 bits per heavy atom. The maximum Gasteiger partial charge on any atom is 1.00 e. The second-order valence-electron chi connectivity index (χ2n) is 4.35. The minimum absolute atomic E-state index is 0. The van der Waals surface area contributed by atoms with Crippen molar-refractivity contribution < 1.29 is 47.6 Å². The normalized spacial score (nSPS) is 13.1. The van der Waals surface area contributed by atoms with Gasteiger partial charge < -0.3 is 15.0 Å². The van der Waals surface area contributed by atoms with Gasteiger partial charge in [-0.1, -0.05) is 39.0 Å². The molecular weight excluding hydrogens is 265 g/mol. The Kier molecular flexibility index (Phi) is 15.1. The van der Waals surface area contributed by atoms with Crippen molar-refractivity contribution >= 4 is 10.1 Å². The molecule has 0 aliphatic heterocycles. The predicted octanol–water partition coefficient (Wildman–Crippen LogP) is -2.15. The zero-order chi connectivity index (χ0) is 13.1. The van der Waals surface area contributed by atoms with E-state index >= 15 is 0 Å². The van der Waals surface area contributed by atoms with Gasteiger partial charge in [-0.05, 0) is 13.0 Å². The zero-order valence-electron chi connectivity index (χ0n) is 11.5. The van der Waals surface area contributed by atoms with Gasteiger partial charge in [0.15, 0.2) is 0 Å². The van der Waals surface area contributed by atoms with E-state index in [-0.39, 0.29) is 36.1 Å². The molecule has 2 N–H and O–H groups in total. The molecule has 0 radical (unpaired) electrons. The Morgan fingerprint density at radius 3 is 2.28 bits per heavy atom. The summed E-state index contributed by atoms with van der Waals surface area (Å²) in [7, 11) is -4.32. The van der Waals surface area contributed by atoms with Crippen LogP contribution in [0.2, 0.25) is 0 Å². The van der Waals surface area contributed by atoms with Gasteiger partial charge in [-0.25, -0.2) is 8.42 Å². The standard InChI is InChI=1S/C11H25NO4S.Na/c1-2-3-4-5-6-7-8-12-9-11(13)10-17(14,15)16;/h11-13H,2-10H2,1H3,(H,14,15,16);/q;+1/p-1. The largest absolute Gasteiger partial charge is 1.00 e. The van der Waals surface area contributed by atoms with Crippen LogP contribution in [0.1, 0.15) is 45.4 Å². The number of hydrogen-bond acceptors (Lipinski definition) is 5. The number of nitrogens with one attached hydrogen (secondary N) is 1. The van der Waals surface area contributed by atoms with E-state index in [0.717, 1.165) is 19.4 Å². The Bertz CT molecular complexity index is 272. The van der Waals surface area contributed by atoms with Crippen molar-refractivity contribution in [3.63, 3.8) is 0 Å². The van der Waals surface area contributed by atoms with Crippen molar-refractivity contribution in [3.05, 3.63) is 0 Å². The summed E-state index contributed by atoms with van der Waals surface area (Å²) in [4.78, 5) is 0. The molecule has 0 aliphatic rings. The van der Waals surface area contributed by atoms with Gasteiger partial charge in [-0.3, -0.25) is 0 Å². The third-order valence-electron chi connectivity index (χ3n) is 2.48. The SMILES string of the molecule is CCCCCCCCNCC(O)CS(=O)(=O)[O-].[Na+]. The monoisotopic (exact) mass is 289 g/mol. The molecule has 0 amide bonds. The van der Waals surface area contributed by atoms with Gasteiger partial charge in [0.05, 0.1) is 22.0 Å². The molecule has 0 saturated carbocycles. The van der Waals surface area contributed by atoms with E-state index < -0.39 is 22.0 Å². The molecule has 0 spiro atoms. The molecule has 0 aromatic carbocycles. The van der Waals surface area contributed by atoms with E-state index in [1.165, 1.54) is 25.7 Å². The van der Waals surface area contributed by atoms with Gasteiger partial charge in [0, 0.05) is 6.54 Å². The van der Waals surface area contributed by atoms with Crippen molar-refractivity contribution in [1.82, 2.24) is 5.32 Å². The summed E-state index contributed by atoms with van der Waals surface area (Å²) in [6.07, 6.45) is 6.03. The number of aliphatic hydroxyl groups excluding tert-OH is 1. The smallest absolute Gasteiger partial charge is 0.748 e. The molecule has 0 fully saturated rings. The molecule has 0 heterocycles. The summed E-state index contributed by atoms with van der Waals surface area (Å²) < 4.78 is 31.0. The fourth-order valence-corrected chi connectivity index (χ4v) is 2.18. The fraction of sp³-hybridized carbons (Fsp3) is 1.00. The zero-order valence-corrected chi connectivity index (χ0v) is 14.3. The van der Waals surface area contributed by atoms with E-state index in [9.17, 15) is 18.1 Å². The summed E-state index contributed by atoms with van der Waals surface area (Å²) in [5.41, 5.74) is 0. The summed E-state index contributed by atoms with van der Waals surface area (Å²) in [6.45, 7) is 3.09.